The molecule has 0 amide bonds. The van der Waals surface area contributed by atoms with Crippen LogP contribution in [-0.2, 0) is 40.6 Å². The smallest absolute Gasteiger partial charge is 0 e. The number of hydrogen-bond acceptors (Lipinski definition) is 1. The monoisotopic (exact) mass is 263 g/mol. The van der Waals surface area contributed by atoms with Gasteiger partial charge in [-0.05, 0) is 0 Å². The van der Waals surface area contributed by atoms with E-state index in [1.54, 1.807) is 0 Å². The average molecular weight is 263 g/mol. The zero-order valence-corrected chi connectivity index (χ0v) is 9.03. The second kappa shape index (κ2) is 777. The minimum Gasteiger partial charge on any atom is 0 e. The van der Waals surface area contributed by atoms with Crippen molar-refractivity contribution < 1.29 is 45.7 Å². The number of hydrogen-bond donors (Lipinski definition) is 1. The van der Waals surface area contributed by atoms with E-state index >= 15 is 0 Å². The first kappa shape index (κ1) is 46.6. The first-order valence-corrected chi connectivity index (χ1v) is 2.38. The van der Waals surface area contributed by atoms with Gasteiger partial charge in [0, 0.05) is 17.4 Å². The van der Waals surface area contributed by atoms with Crippen LogP contribution in [0.5, 0.6) is 0 Å². The molecule has 0 aliphatic carbocycles. The normalized spacial score (nSPS) is 2.62. The van der Waals surface area contributed by atoms with Crippen molar-refractivity contribution in [3.63, 3.8) is 0 Å². The third-order valence-electron chi connectivity index (χ3n) is 0.212. The molecule has 0 radical (unpaired) electrons. The zero-order chi connectivity index (χ0) is 14.1. The van der Waals surface area contributed by atoms with Gasteiger partial charge in [0.05, 0.1) is 0 Å². The van der Waals surface area contributed by atoms with E-state index in [2.05, 4.69) is 38.1 Å². The Kier molecular flexibility index (Phi) is 2260. The Balaban J connectivity index is -0.0000000130. The Morgan fingerprint density at radius 1 is 0.750 bits per heavy atom. The van der Waals surface area contributed by atoms with Crippen molar-refractivity contribution in [2.45, 2.75) is 0 Å². The molecular weight excluding hydrogens is 258 g/mol. The van der Waals surface area contributed by atoms with E-state index in [1.807, 2.05) is 0 Å². The number of aliphatic hydroxyl groups excluding tert-OH is 1. The molecule has 0 saturated carbocycles. The van der Waals surface area contributed by atoms with Crippen LogP contribution in [0, 0.1) is 39.8 Å². The van der Waals surface area contributed by atoms with Crippen LogP contribution in [0.25, 0.3) is 4.85 Å². The Labute approximate surface area is 104 Å². The van der Waals surface area contributed by atoms with Crippen molar-refractivity contribution in [3.8, 4) is 0 Å². The molecule has 0 aromatic heterocycles. The summed E-state index contributed by atoms with van der Waals surface area (Å²) in [5.41, 5.74) is 0. The molecule has 0 aliphatic rings. The van der Waals surface area contributed by atoms with Gasteiger partial charge in [0.25, 0.3) is 0 Å². The van der Waals surface area contributed by atoms with Gasteiger partial charge >= 0.3 is 56.5 Å². The maximum absolute atomic E-state index is 7.85. The minimum absolute atomic E-state index is 0. The standard InChI is InChI=1S/C3H5NO.5CO.Cr/c1-4-2-3-5;5*1-2;/h5H,2-3H2;;;;;;. The first-order valence-electron chi connectivity index (χ1n) is 2.38. The van der Waals surface area contributed by atoms with E-state index in [0.717, 1.165) is 0 Å². The van der Waals surface area contributed by atoms with Gasteiger partial charge in [-0.1, -0.05) is 0 Å². The molecule has 0 aromatic rings. The van der Waals surface area contributed by atoms with Gasteiger partial charge in [0.1, 0.15) is 6.61 Å². The Bertz CT molecular complexity index is 164. The summed E-state index contributed by atoms with van der Waals surface area (Å²) in [6.07, 6.45) is 0. The summed E-state index contributed by atoms with van der Waals surface area (Å²) in [5.74, 6) is 0. The largest absolute Gasteiger partial charge is 0 e. The molecule has 0 rings (SSSR count). The van der Waals surface area contributed by atoms with Crippen LogP contribution in [0.15, 0.2) is 0 Å². The summed E-state index contributed by atoms with van der Waals surface area (Å²) in [5, 5.41) is 7.85. The molecule has 0 bridgehead atoms. The van der Waals surface area contributed by atoms with Crippen LogP contribution >= 0.6 is 0 Å². The number of aliphatic hydroxyl groups is 1. The summed E-state index contributed by atoms with van der Waals surface area (Å²) in [4.78, 5) is 2.85. The molecule has 0 aliphatic heterocycles. The summed E-state index contributed by atoms with van der Waals surface area (Å²) < 4.78 is 37.5. The number of nitrogens with zero attached hydrogens (tertiary/aromatic N) is 1. The van der Waals surface area contributed by atoms with Gasteiger partial charge in [0.2, 0.25) is 6.54 Å². The fourth-order valence-corrected chi connectivity index (χ4v) is 0.0500. The number of rotatable bonds is 1. The second-order valence-electron chi connectivity index (χ2n) is 0.605. The molecule has 0 atom stereocenters. The van der Waals surface area contributed by atoms with Crippen LogP contribution in [0.3, 0.4) is 0 Å². The third kappa shape index (κ3) is 3720. The Morgan fingerprint density at radius 3 is 0.938 bits per heavy atom. The molecule has 84 valence electrons. The van der Waals surface area contributed by atoms with Gasteiger partial charge in [-0.3, -0.25) is 0 Å². The van der Waals surface area contributed by atoms with E-state index in [0.29, 0.717) is 0 Å². The predicted octanol–water partition coefficient (Wildman–Crippen LogP) is -0.292. The van der Waals surface area contributed by atoms with E-state index in [1.165, 1.54) is 0 Å². The van der Waals surface area contributed by atoms with Gasteiger partial charge in [-0.15, -0.1) is 0 Å². The summed E-state index contributed by atoms with van der Waals surface area (Å²) in [6.45, 7) is 28.8. The van der Waals surface area contributed by atoms with Crippen molar-refractivity contribution in [2.24, 2.45) is 0 Å². The fourth-order valence-electron chi connectivity index (χ4n) is 0.0500. The summed E-state index contributed by atoms with van der Waals surface area (Å²) in [6, 6.07) is 0. The minimum atomic E-state index is -0.0104. The van der Waals surface area contributed by atoms with Crippen molar-refractivity contribution >= 4 is 0 Å². The molecule has 0 fully saturated rings. The average Bonchev–Trinajstić information content (AvgIpc) is 2.42. The van der Waals surface area contributed by atoms with Gasteiger partial charge in [-0.25, -0.2) is 6.57 Å². The van der Waals surface area contributed by atoms with E-state index < -0.39 is 0 Å². The molecule has 7 nitrogen and oxygen atoms in total. The van der Waals surface area contributed by atoms with Crippen molar-refractivity contribution in [2.75, 3.05) is 13.2 Å². The zero-order valence-electron chi connectivity index (χ0n) is 7.76. The van der Waals surface area contributed by atoms with Crippen LogP contribution in [-0.4, -0.2) is 18.3 Å². The first-order chi connectivity index (χ1) is 7.41. The van der Waals surface area contributed by atoms with E-state index in [4.69, 9.17) is 34.9 Å². The van der Waals surface area contributed by atoms with Crippen molar-refractivity contribution in [1.29, 1.82) is 0 Å². The van der Waals surface area contributed by atoms with Crippen molar-refractivity contribution in [3.05, 3.63) is 44.7 Å². The SMILES string of the molecule is [C-]#[N+]CCO.[C-]#[O+].[C-]#[O+].[C-]#[O+].[C-]#[O+].[C-]#[O+].[Cr]. The third-order valence-corrected chi connectivity index (χ3v) is 0.212. The van der Waals surface area contributed by atoms with Gasteiger partial charge in [-0.2, -0.15) is 0 Å². The van der Waals surface area contributed by atoms with Gasteiger partial charge in [0.15, 0.2) is 0 Å². The molecule has 0 heterocycles. The van der Waals surface area contributed by atoms with Crippen LogP contribution < -0.4 is 0 Å². The summed E-state index contributed by atoms with van der Waals surface area (Å²) >= 11 is 0. The Morgan fingerprint density at radius 2 is 0.938 bits per heavy atom. The van der Waals surface area contributed by atoms with Crippen molar-refractivity contribution in [1.82, 2.24) is 0 Å². The van der Waals surface area contributed by atoms with Crippen LogP contribution in [0.2, 0.25) is 0 Å². The van der Waals surface area contributed by atoms with Crippen LogP contribution in [0.4, 0.5) is 0 Å². The summed E-state index contributed by atoms with van der Waals surface area (Å²) in [7, 11) is 0. The topological polar surface area (TPSA) is 124 Å². The molecule has 8 heteroatoms. The van der Waals surface area contributed by atoms with Gasteiger partial charge < -0.3 is 9.95 Å². The van der Waals surface area contributed by atoms with E-state index in [-0.39, 0.29) is 30.5 Å². The quantitative estimate of drug-likeness (QED) is 0.506. The van der Waals surface area contributed by atoms with Crippen LogP contribution in [0.1, 0.15) is 0 Å². The van der Waals surface area contributed by atoms with E-state index in [9.17, 15) is 0 Å². The molecular formula is C8H5CrNO6. The molecule has 0 unspecified atom stereocenters. The molecule has 0 spiro atoms. The predicted molar refractivity (Wildman–Crippen MR) is 38.2 cm³/mol. The molecule has 0 aromatic carbocycles. The Hall–Kier alpha value is -1.32. The molecule has 0 saturated heterocycles. The maximum Gasteiger partial charge on any atom is 0 e. The molecule has 16 heavy (non-hydrogen) atoms. The molecule has 1 N–H and O–H groups in total. The fraction of sp³-hybridized carbons (Fsp3) is 0.250. The second-order valence-corrected chi connectivity index (χ2v) is 0.605. The maximum atomic E-state index is 7.85.